The lowest BCUT2D eigenvalue weighted by Gasteiger charge is -2.37. The minimum absolute atomic E-state index is 0.267. The molecule has 8 heteroatoms. The van der Waals surface area contributed by atoms with Gasteiger partial charge in [-0.05, 0) is 24.3 Å². The van der Waals surface area contributed by atoms with Gasteiger partial charge in [0.15, 0.2) is 5.96 Å². The molecule has 2 unspecified atom stereocenters. The summed E-state index contributed by atoms with van der Waals surface area (Å²) < 4.78 is 7.94. The fourth-order valence-electron chi connectivity index (χ4n) is 3.66. The quantitative estimate of drug-likeness (QED) is 0.510. The molecule has 0 radical (unpaired) electrons. The smallest absolute Gasteiger partial charge is 0.191 e. The third-order valence-corrected chi connectivity index (χ3v) is 6.02. The molecule has 3 rings (SSSR count). The van der Waals surface area contributed by atoms with Crippen LogP contribution in [-0.4, -0.2) is 59.8 Å². The van der Waals surface area contributed by atoms with Crippen LogP contribution in [0, 0.1) is 5.92 Å². The highest BCUT2D eigenvalue weighted by Crippen LogP contribution is 2.26. The van der Waals surface area contributed by atoms with Crippen LogP contribution in [-0.2, 0) is 17.8 Å². The molecule has 2 aromatic heterocycles. The molecule has 2 N–H and O–H groups in total. The van der Waals surface area contributed by atoms with Crippen molar-refractivity contribution in [3.8, 4) is 0 Å². The highest BCUT2D eigenvalue weighted by Gasteiger charge is 2.26. The van der Waals surface area contributed by atoms with E-state index in [-0.39, 0.29) is 6.10 Å². The van der Waals surface area contributed by atoms with E-state index >= 15 is 0 Å². The summed E-state index contributed by atoms with van der Waals surface area (Å²) in [6, 6.07) is 4.65. The maximum atomic E-state index is 5.74. The zero-order valence-corrected chi connectivity index (χ0v) is 18.8. The molecular formula is C21H34N6OS. The summed E-state index contributed by atoms with van der Waals surface area (Å²) in [6.07, 6.45) is 4.17. The monoisotopic (exact) mass is 418 g/mol. The summed E-state index contributed by atoms with van der Waals surface area (Å²) in [4.78, 5) is 12.8. The van der Waals surface area contributed by atoms with E-state index in [2.05, 4.69) is 68.4 Å². The predicted octanol–water partition coefficient (Wildman–Crippen LogP) is 2.73. The molecule has 0 saturated carbocycles. The Bertz CT molecular complexity index is 757. The maximum absolute atomic E-state index is 5.74. The molecule has 29 heavy (non-hydrogen) atoms. The molecular weight excluding hydrogens is 384 g/mol. The third kappa shape index (κ3) is 6.29. The summed E-state index contributed by atoms with van der Waals surface area (Å²) in [5.41, 5.74) is 0. The van der Waals surface area contributed by atoms with Gasteiger partial charge in [-0.3, -0.25) is 9.89 Å². The average molecular weight is 419 g/mol. The second-order valence-electron chi connectivity index (χ2n) is 7.90. The van der Waals surface area contributed by atoms with Crippen LogP contribution in [0.2, 0.25) is 0 Å². The number of morpholine rings is 1. The molecule has 0 aliphatic carbocycles. The SMILES string of the molecule is CN=C(NCc1nccn1CC(C)C)NCC(c1cccs1)N1CCOC(C)C1. The number of nitrogens with zero attached hydrogens (tertiary/aromatic N) is 4. The number of rotatable bonds is 8. The minimum Gasteiger partial charge on any atom is -0.376 e. The van der Waals surface area contributed by atoms with Crippen LogP contribution < -0.4 is 10.6 Å². The fourth-order valence-corrected chi connectivity index (χ4v) is 4.52. The van der Waals surface area contributed by atoms with Crippen LogP contribution in [0.3, 0.4) is 0 Å². The predicted molar refractivity (Wildman–Crippen MR) is 119 cm³/mol. The Hall–Kier alpha value is -1.90. The standard InChI is InChI=1S/C21H34N6OS/c1-16(2)14-27-8-7-23-20(27)13-25-21(22-4)24-12-18(19-6-5-11-29-19)26-9-10-28-17(3)15-26/h5-8,11,16-18H,9-10,12-15H2,1-4H3,(H2,22,24,25). The summed E-state index contributed by atoms with van der Waals surface area (Å²) in [5.74, 6) is 2.41. The summed E-state index contributed by atoms with van der Waals surface area (Å²) >= 11 is 1.81. The van der Waals surface area contributed by atoms with Crippen molar-refractivity contribution in [1.29, 1.82) is 0 Å². The van der Waals surface area contributed by atoms with Gasteiger partial charge >= 0.3 is 0 Å². The van der Waals surface area contributed by atoms with Crippen LogP contribution in [0.5, 0.6) is 0 Å². The summed E-state index contributed by atoms with van der Waals surface area (Å²) in [7, 11) is 1.81. The lowest BCUT2D eigenvalue weighted by atomic mass is 10.1. The van der Waals surface area contributed by atoms with Gasteiger partial charge in [-0.15, -0.1) is 11.3 Å². The van der Waals surface area contributed by atoms with Crippen molar-refractivity contribution < 1.29 is 4.74 Å². The van der Waals surface area contributed by atoms with Gasteiger partial charge in [-0.25, -0.2) is 4.98 Å². The molecule has 1 aliphatic heterocycles. The molecule has 160 valence electrons. The van der Waals surface area contributed by atoms with Gasteiger partial charge in [0.05, 0.1) is 25.3 Å². The lowest BCUT2D eigenvalue weighted by molar-refractivity contribution is -0.0334. The van der Waals surface area contributed by atoms with E-state index in [0.29, 0.717) is 18.5 Å². The van der Waals surface area contributed by atoms with Gasteiger partial charge < -0.3 is 19.9 Å². The van der Waals surface area contributed by atoms with Crippen LogP contribution in [0.4, 0.5) is 0 Å². The first-order valence-corrected chi connectivity index (χ1v) is 11.3. The van der Waals surface area contributed by atoms with E-state index in [1.165, 1.54) is 4.88 Å². The molecule has 3 heterocycles. The van der Waals surface area contributed by atoms with Gasteiger partial charge in [0.1, 0.15) is 5.82 Å². The number of guanidine groups is 1. The van der Waals surface area contributed by atoms with E-state index in [1.54, 1.807) is 0 Å². The Morgan fingerprint density at radius 1 is 1.41 bits per heavy atom. The Morgan fingerprint density at radius 3 is 2.97 bits per heavy atom. The molecule has 1 aliphatic rings. The van der Waals surface area contributed by atoms with Gasteiger partial charge in [0, 0.05) is 50.5 Å². The molecule has 0 bridgehead atoms. The Kier molecular flexibility index (Phi) is 8.09. The number of hydrogen-bond donors (Lipinski definition) is 2. The van der Waals surface area contributed by atoms with Crippen LogP contribution in [0.25, 0.3) is 0 Å². The minimum atomic E-state index is 0.267. The van der Waals surface area contributed by atoms with Gasteiger partial charge in [0.25, 0.3) is 0 Å². The zero-order valence-electron chi connectivity index (χ0n) is 18.0. The topological polar surface area (TPSA) is 66.7 Å². The summed E-state index contributed by atoms with van der Waals surface area (Å²) in [6.45, 7) is 11.7. The molecule has 7 nitrogen and oxygen atoms in total. The van der Waals surface area contributed by atoms with Crippen molar-refractivity contribution in [1.82, 2.24) is 25.1 Å². The van der Waals surface area contributed by atoms with E-state index < -0.39 is 0 Å². The number of ether oxygens (including phenoxy) is 1. The molecule has 0 amide bonds. The van der Waals surface area contributed by atoms with Gasteiger partial charge in [-0.2, -0.15) is 0 Å². The summed E-state index contributed by atoms with van der Waals surface area (Å²) in [5, 5.41) is 9.08. The number of nitrogens with one attached hydrogen (secondary N) is 2. The second kappa shape index (κ2) is 10.8. The molecule has 0 aromatic carbocycles. The maximum Gasteiger partial charge on any atom is 0.191 e. The Morgan fingerprint density at radius 2 is 2.28 bits per heavy atom. The van der Waals surface area contributed by atoms with Gasteiger partial charge in [0.2, 0.25) is 0 Å². The first kappa shape index (κ1) is 21.8. The number of imidazole rings is 1. The van der Waals surface area contributed by atoms with E-state index in [0.717, 1.165) is 44.6 Å². The molecule has 0 spiro atoms. The largest absolute Gasteiger partial charge is 0.376 e. The van der Waals surface area contributed by atoms with Crippen LogP contribution in [0.15, 0.2) is 34.9 Å². The van der Waals surface area contributed by atoms with Crippen molar-refractivity contribution >= 4 is 17.3 Å². The van der Waals surface area contributed by atoms with Crippen molar-refractivity contribution in [2.45, 2.75) is 46.0 Å². The lowest BCUT2D eigenvalue weighted by Crippen LogP contribution is -2.48. The van der Waals surface area contributed by atoms with Crippen molar-refractivity contribution in [3.05, 3.63) is 40.6 Å². The molecule has 1 saturated heterocycles. The fraction of sp³-hybridized carbons (Fsp3) is 0.619. The second-order valence-corrected chi connectivity index (χ2v) is 8.88. The van der Waals surface area contributed by atoms with Crippen LogP contribution in [0.1, 0.15) is 37.5 Å². The molecule has 1 fully saturated rings. The van der Waals surface area contributed by atoms with Crippen molar-refractivity contribution in [2.75, 3.05) is 33.3 Å². The van der Waals surface area contributed by atoms with Crippen molar-refractivity contribution in [3.63, 3.8) is 0 Å². The van der Waals surface area contributed by atoms with Crippen LogP contribution >= 0.6 is 11.3 Å². The zero-order chi connectivity index (χ0) is 20.6. The average Bonchev–Trinajstić information content (AvgIpc) is 3.36. The first-order valence-electron chi connectivity index (χ1n) is 10.4. The highest BCUT2D eigenvalue weighted by atomic mass is 32.1. The Labute approximate surface area is 178 Å². The van der Waals surface area contributed by atoms with Crippen molar-refractivity contribution in [2.24, 2.45) is 10.9 Å². The number of thiophene rings is 1. The first-order chi connectivity index (χ1) is 14.1. The van der Waals surface area contributed by atoms with Gasteiger partial charge in [-0.1, -0.05) is 19.9 Å². The van der Waals surface area contributed by atoms with E-state index in [4.69, 9.17) is 4.74 Å². The normalized spacial score (nSPS) is 19.5. The molecule has 2 atom stereocenters. The third-order valence-electron chi connectivity index (χ3n) is 5.05. The Balaban J connectivity index is 1.58. The number of hydrogen-bond acceptors (Lipinski definition) is 5. The number of aliphatic imine (C=N–C) groups is 1. The van der Waals surface area contributed by atoms with E-state index in [1.807, 2.05) is 30.8 Å². The number of aromatic nitrogens is 2. The van der Waals surface area contributed by atoms with E-state index in [9.17, 15) is 0 Å². The highest BCUT2D eigenvalue weighted by molar-refractivity contribution is 7.10. The molecule has 2 aromatic rings.